The van der Waals surface area contributed by atoms with E-state index in [1.807, 2.05) is 0 Å². The molecule has 0 aliphatic carbocycles. The molecule has 0 unspecified atom stereocenters. The molecule has 3 aromatic rings. The molecule has 2 amide bonds. The summed E-state index contributed by atoms with van der Waals surface area (Å²) in [6.45, 7) is 1.48. The van der Waals surface area contributed by atoms with E-state index in [1.54, 1.807) is 38.2 Å². The van der Waals surface area contributed by atoms with Crippen molar-refractivity contribution in [3.63, 3.8) is 0 Å². The Morgan fingerprint density at radius 1 is 1.23 bits per heavy atom. The summed E-state index contributed by atoms with van der Waals surface area (Å²) in [4.78, 5) is 43.2. The zero-order valence-electron chi connectivity index (χ0n) is 16.7. The van der Waals surface area contributed by atoms with E-state index in [-0.39, 0.29) is 12.3 Å². The number of pyridine rings is 1. The Balaban J connectivity index is 1.63. The van der Waals surface area contributed by atoms with Crippen molar-refractivity contribution in [1.29, 1.82) is 0 Å². The predicted octanol–water partition coefficient (Wildman–Crippen LogP) is 1.23. The number of carbonyl (C=O) groups excluding carboxylic acids is 2. The number of carbonyl (C=O) groups is 2. The summed E-state index contributed by atoms with van der Waals surface area (Å²) in [6, 6.07) is 8.34. The van der Waals surface area contributed by atoms with Gasteiger partial charge in [0.2, 0.25) is 5.43 Å². The smallest absolute Gasteiger partial charge is 0.276 e. The molecule has 31 heavy (non-hydrogen) atoms. The fraction of sp³-hybridized carbons (Fsp3) is 0.190. The van der Waals surface area contributed by atoms with E-state index in [1.165, 1.54) is 27.9 Å². The van der Waals surface area contributed by atoms with Gasteiger partial charge in [0.15, 0.2) is 5.69 Å². The molecule has 0 saturated carbocycles. The van der Waals surface area contributed by atoms with Crippen molar-refractivity contribution in [3.8, 4) is 11.4 Å². The first-order valence-corrected chi connectivity index (χ1v) is 9.37. The molecule has 1 aliphatic rings. The average Bonchev–Trinajstić information content (AvgIpc) is 2.86. The molecule has 2 aromatic heterocycles. The summed E-state index contributed by atoms with van der Waals surface area (Å²) in [6.07, 6.45) is 2.38. The molecule has 158 valence electrons. The number of nitrogens with one attached hydrogen (secondary N) is 1. The van der Waals surface area contributed by atoms with E-state index in [9.17, 15) is 18.8 Å². The second-order valence-electron chi connectivity index (χ2n) is 6.97. The molecule has 0 spiro atoms. The minimum absolute atomic E-state index is 0.111. The summed E-state index contributed by atoms with van der Waals surface area (Å²) in [5.41, 5.74) is 0.133. The first-order chi connectivity index (χ1) is 14.8. The van der Waals surface area contributed by atoms with Gasteiger partial charge >= 0.3 is 0 Å². The van der Waals surface area contributed by atoms with Gasteiger partial charge in [-0.05, 0) is 19.1 Å². The minimum atomic E-state index is -1.03. The fourth-order valence-electron chi connectivity index (χ4n) is 3.27. The Labute approximate surface area is 176 Å². The van der Waals surface area contributed by atoms with Gasteiger partial charge < -0.3 is 15.0 Å². The number of ether oxygens (including phenoxy) is 1. The lowest BCUT2D eigenvalue weighted by Crippen LogP contribution is -2.50. The number of amides is 2. The first-order valence-electron chi connectivity index (χ1n) is 9.37. The molecule has 10 heteroatoms. The third-order valence-corrected chi connectivity index (χ3v) is 4.82. The summed E-state index contributed by atoms with van der Waals surface area (Å²) < 4.78 is 20.5. The van der Waals surface area contributed by atoms with Gasteiger partial charge in [0.1, 0.15) is 24.2 Å². The van der Waals surface area contributed by atoms with E-state index < -0.39 is 34.8 Å². The van der Waals surface area contributed by atoms with Crippen molar-refractivity contribution >= 4 is 17.5 Å². The van der Waals surface area contributed by atoms with Gasteiger partial charge in [-0.15, -0.1) is 0 Å². The molecule has 1 N–H and O–H groups in total. The largest absolute Gasteiger partial charge is 0.489 e. The van der Waals surface area contributed by atoms with Crippen LogP contribution in [0.3, 0.4) is 0 Å². The number of hydrogen-bond donors (Lipinski definition) is 1. The first kappa shape index (κ1) is 20.2. The highest BCUT2D eigenvalue weighted by Crippen LogP contribution is 2.29. The van der Waals surface area contributed by atoms with E-state index >= 15 is 0 Å². The second-order valence-corrected chi connectivity index (χ2v) is 6.97. The molecule has 1 atom stereocenters. The number of fused-ring (bicyclic) bond motifs is 1. The number of nitrogens with zero attached hydrogens (tertiary/aromatic N) is 4. The van der Waals surface area contributed by atoms with E-state index in [2.05, 4.69) is 15.4 Å². The van der Waals surface area contributed by atoms with Gasteiger partial charge in [0.05, 0.1) is 23.8 Å². The highest BCUT2D eigenvalue weighted by Gasteiger charge is 2.31. The maximum absolute atomic E-state index is 13.6. The lowest BCUT2D eigenvalue weighted by molar-refractivity contribution is -0.120. The van der Waals surface area contributed by atoms with Gasteiger partial charge in [0.25, 0.3) is 11.8 Å². The lowest BCUT2D eigenvalue weighted by Gasteiger charge is -2.20. The summed E-state index contributed by atoms with van der Waals surface area (Å²) in [5.74, 6) is -1.33. The van der Waals surface area contributed by atoms with Gasteiger partial charge in [-0.2, -0.15) is 5.10 Å². The molecule has 1 aliphatic heterocycles. The second kappa shape index (κ2) is 7.98. The van der Waals surface area contributed by atoms with Gasteiger partial charge in [-0.25, -0.2) is 9.07 Å². The Morgan fingerprint density at radius 2 is 2.00 bits per heavy atom. The maximum atomic E-state index is 13.6. The summed E-state index contributed by atoms with van der Waals surface area (Å²) in [7, 11) is 1.57. The van der Waals surface area contributed by atoms with Gasteiger partial charge in [-0.1, -0.05) is 12.1 Å². The highest BCUT2D eigenvalue weighted by atomic mass is 19.1. The third-order valence-electron chi connectivity index (χ3n) is 4.82. The van der Waals surface area contributed by atoms with Crippen LogP contribution >= 0.6 is 0 Å². The van der Waals surface area contributed by atoms with E-state index in [0.29, 0.717) is 17.1 Å². The van der Waals surface area contributed by atoms with Crippen LogP contribution in [0, 0.1) is 12.7 Å². The molecular formula is C21H18FN5O4. The minimum Gasteiger partial charge on any atom is -0.489 e. The predicted molar refractivity (Wildman–Crippen MR) is 109 cm³/mol. The number of halogens is 1. The number of rotatable bonds is 3. The third kappa shape index (κ3) is 3.87. The Hall–Kier alpha value is -4.08. The monoisotopic (exact) mass is 423 g/mol. The molecule has 0 bridgehead atoms. The van der Waals surface area contributed by atoms with Gasteiger partial charge in [-0.3, -0.25) is 19.4 Å². The number of benzene rings is 1. The van der Waals surface area contributed by atoms with Crippen molar-refractivity contribution in [2.24, 2.45) is 0 Å². The van der Waals surface area contributed by atoms with Crippen LogP contribution in [0.2, 0.25) is 0 Å². The van der Waals surface area contributed by atoms with Crippen molar-refractivity contribution in [3.05, 3.63) is 76.2 Å². The van der Waals surface area contributed by atoms with Crippen molar-refractivity contribution in [2.75, 3.05) is 18.6 Å². The number of para-hydroxylation sites is 2. The van der Waals surface area contributed by atoms with Crippen LogP contribution < -0.4 is 20.4 Å². The van der Waals surface area contributed by atoms with Crippen LogP contribution in [-0.4, -0.2) is 46.3 Å². The van der Waals surface area contributed by atoms with Crippen molar-refractivity contribution in [1.82, 2.24) is 20.1 Å². The normalized spacial score (nSPS) is 15.6. The quantitative estimate of drug-likeness (QED) is 0.679. The Morgan fingerprint density at radius 3 is 2.77 bits per heavy atom. The van der Waals surface area contributed by atoms with Crippen LogP contribution in [0.1, 0.15) is 16.2 Å². The number of aromatic nitrogens is 3. The van der Waals surface area contributed by atoms with E-state index in [4.69, 9.17) is 4.74 Å². The topological polar surface area (TPSA) is 106 Å². The molecule has 9 nitrogen and oxygen atoms in total. The van der Waals surface area contributed by atoms with E-state index in [0.717, 1.165) is 6.20 Å². The highest BCUT2D eigenvalue weighted by molar-refractivity contribution is 6.02. The number of likely N-dealkylation sites (N-methyl/N-ethyl adjacent to an activating group) is 1. The molecule has 3 heterocycles. The Bertz CT molecular complexity index is 1240. The standard InChI is InChI=1S/C21H18FN5O4/c1-12-7-17(28)19(25-27(12)14-8-13(22)9-23-10-14)20(29)24-15-11-31-18-6-4-3-5-16(18)26(2)21(15)30/h3-10,15H,11H2,1-2H3,(H,24,29)/t15-/m0/s1. The fourth-order valence-corrected chi connectivity index (χ4v) is 3.27. The lowest BCUT2D eigenvalue weighted by atomic mass is 10.2. The SMILES string of the molecule is Cc1cc(=O)c(C(=O)N[C@H]2COc3ccccc3N(C)C2=O)nn1-c1cncc(F)c1. The Kier molecular flexibility index (Phi) is 5.20. The molecule has 0 fully saturated rings. The van der Waals surface area contributed by atoms with Crippen molar-refractivity contribution in [2.45, 2.75) is 13.0 Å². The van der Waals surface area contributed by atoms with Crippen LogP contribution in [-0.2, 0) is 4.79 Å². The molecule has 0 radical (unpaired) electrons. The molecule has 4 rings (SSSR count). The van der Waals surface area contributed by atoms with Gasteiger partial charge in [0, 0.05) is 24.9 Å². The number of anilines is 1. The zero-order chi connectivity index (χ0) is 22.1. The van der Waals surface area contributed by atoms with Crippen LogP contribution in [0.15, 0.2) is 53.6 Å². The van der Waals surface area contributed by atoms with Crippen LogP contribution in [0.4, 0.5) is 10.1 Å². The summed E-state index contributed by atoms with van der Waals surface area (Å²) >= 11 is 0. The summed E-state index contributed by atoms with van der Waals surface area (Å²) in [5, 5.41) is 6.60. The molecule has 0 saturated heterocycles. The van der Waals surface area contributed by atoms with Crippen LogP contribution in [0.25, 0.3) is 5.69 Å². The average molecular weight is 423 g/mol. The zero-order valence-corrected chi connectivity index (χ0v) is 16.7. The van der Waals surface area contributed by atoms with Crippen molar-refractivity contribution < 1.29 is 18.7 Å². The molecular weight excluding hydrogens is 405 g/mol. The van der Waals surface area contributed by atoms with Crippen LogP contribution in [0.5, 0.6) is 5.75 Å². The number of hydrogen-bond acceptors (Lipinski definition) is 6. The maximum Gasteiger partial charge on any atom is 0.276 e. The molecule has 1 aromatic carbocycles. The number of aryl methyl sites for hydroxylation is 1.